The van der Waals surface area contributed by atoms with E-state index < -0.39 is 81.8 Å². The van der Waals surface area contributed by atoms with Gasteiger partial charge in [0.15, 0.2) is 0 Å². The molecule has 16 nitrogen and oxygen atoms in total. The van der Waals surface area contributed by atoms with E-state index in [4.69, 9.17) is 23.7 Å². The zero-order chi connectivity index (χ0) is 38.4. The number of fused-ring (bicyclic) bond motifs is 1. The average molecular weight is 778 g/mol. The van der Waals surface area contributed by atoms with Crippen molar-refractivity contribution >= 4 is 45.9 Å². The van der Waals surface area contributed by atoms with Crippen molar-refractivity contribution in [3.05, 3.63) is 70.3 Å². The summed E-state index contributed by atoms with van der Waals surface area (Å²) in [6.07, 6.45) is -2.73. The van der Waals surface area contributed by atoms with Crippen LogP contribution in [0.15, 0.2) is 59.1 Å². The molecule has 2 saturated heterocycles. The average Bonchev–Trinajstić information content (AvgIpc) is 3.65. The first-order valence-corrected chi connectivity index (χ1v) is 19.4. The van der Waals surface area contributed by atoms with Gasteiger partial charge in [-0.1, -0.05) is 31.2 Å². The number of benzene rings is 2. The lowest BCUT2D eigenvalue weighted by Gasteiger charge is -2.46. The fourth-order valence-electron chi connectivity index (χ4n) is 6.61. The van der Waals surface area contributed by atoms with E-state index in [1.807, 2.05) is 0 Å². The van der Waals surface area contributed by atoms with Crippen molar-refractivity contribution in [3.8, 4) is 11.5 Å². The van der Waals surface area contributed by atoms with Crippen LogP contribution in [0.5, 0.6) is 11.5 Å². The number of rotatable bonds is 15. The minimum absolute atomic E-state index is 0.0632. The summed E-state index contributed by atoms with van der Waals surface area (Å²) in [5.41, 5.74) is 1.15. The van der Waals surface area contributed by atoms with Crippen molar-refractivity contribution in [2.24, 2.45) is 11.8 Å². The predicted octanol–water partition coefficient (Wildman–Crippen LogP) is 2.38. The van der Waals surface area contributed by atoms with Gasteiger partial charge in [-0.2, -0.15) is 0 Å². The van der Waals surface area contributed by atoms with E-state index in [-0.39, 0.29) is 38.4 Å². The highest BCUT2D eigenvalue weighted by Gasteiger charge is 2.61. The number of hydrogen-bond donors (Lipinski definition) is 3. The van der Waals surface area contributed by atoms with Crippen LogP contribution in [0.3, 0.4) is 0 Å². The van der Waals surface area contributed by atoms with Crippen LogP contribution in [-0.2, 0) is 47.0 Å². The molecule has 0 aliphatic carbocycles. The lowest BCUT2D eigenvalue weighted by Crippen LogP contribution is -2.63. The van der Waals surface area contributed by atoms with Gasteiger partial charge in [0, 0.05) is 35.2 Å². The van der Waals surface area contributed by atoms with Gasteiger partial charge in [0.05, 0.1) is 44.6 Å². The number of hydrogen-bond acceptors (Lipinski definition) is 14. The molecule has 0 unspecified atom stereocenters. The van der Waals surface area contributed by atoms with Crippen LogP contribution in [0.1, 0.15) is 31.4 Å². The Balaban J connectivity index is 1.34. The summed E-state index contributed by atoms with van der Waals surface area (Å²) < 4.78 is 53.4. The third-order valence-electron chi connectivity index (χ3n) is 9.32. The van der Waals surface area contributed by atoms with E-state index in [2.05, 4.69) is 4.72 Å². The van der Waals surface area contributed by atoms with Gasteiger partial charge in [0.25, 0.3) is 0 Å². The van der Waals surface area contributed by atoms with Crippen LogP contribution >= 0.6 is 11.8 Å². The molecule has 3 aliphatic heterocycles. The second-order valence-electron chi connectivity index (χ2n) is 12.8. The summed E-state index contributed by atoms with van der Waals surface area (Å²) in [5.74, 6) is -2.16. The molecule has 18 heteroatoms. The van der Waals surface area contributed by atoms with Crippen LogP contribution in [0.2, 0.25) is 0 Å². The Morgan fingerprint density at radius 3 is 2.11 bits per heavy atom. The van der Waals surface area contributed by atoms with Crippen molar-refractivity contribution in [2.45, 2.75) is 56.9 Å². The van der Waals surface area contributed by atoms with Gasteiger partial charge in [-0.3, -0.25) is 4.79 Å². The number of ether oxygens (including phenoxy) is 5. The smallest absolute Gasteiger partial charge is 0.497 e. The number of esters is 1. The number of aliphatic hydroxyl groups is 2. The number of aliphatic hydroxyl groups excluding tert-OH is 2. The van der Waals surface area contributed by atoms with E-state index in [1.165, 1.54) is 42.7 Å². The van der Waals surface area contributed by atoms with E-state index in [1.54, 1.807) is 55.5 Å². The number of carbonyl (C=O) groups is 4. The Labute approximate surface area is 311 Å². The summed E-state index contributed by atoms with van der Waals surface area (Å²) in [5, 5.41) is 19.2. The molecular weight excluding hydrogens is 735 g/mol. The molecule has 0 aromatic heterocycles. The second kappa shape index (κ2) is 17.2. The van der Waals surface area contributed by atoms with Crippen LogP contribution in [-0.4, -0.2) is 116 Å². The van der Waals surface area contributed by atoms with E-state index >= 15 is 0 Å². The zero-order valence-electron chi connectivity index (χ0n) is 29.6. The molecule has 288 valence electrons. The van der Waals surface area contributed by atoms with E-state index in [0.29, 0.717) is 27.5 Å². The summed E-state index contributed by atoms with van der Waals surface area (Å²) in [4.78, 5) is 56.0. The quantitative estimate of drug-likeness (QED) is 0.135. The molecule has 6 atom stereocenters. The fourth-order valence-corrected chi connectivity index (χ4v) is 9.00. The van der Waals surface area contributed by atoms with Gasteiger partial charge in [-0.25, -0.2) is 27.5 Å². The van der Waals surface area contributed by atoms with Gasteiger partial charge >= 0.3 is 18.2 Å². The lowest BCUT2D eigenvalue weighted by atomic mass is 9.79. The molecule has 0 bridgehead atoms. The van der Waals surface area contributed by atoms with Crippen molar-refractivity contribution in [2.75, 3.05) is 39.7 Å². The Hall–Kier alpha value is -4.36. The summed E-state index contributed by atoms with van der Waals surface area (Å²) in [6, 6.07) is 12.4. The third kappa shape index (κ3) is 9.24. The van der Waals surface area contributed by atoms with Crippen molar-refractivity contribution in [3.63, 3.8) is 0 Å². The number of thioether (sulfide) groups is 1. The van der Waals surface area contributed by atoms with Crippen LogP contribution < -0.4 is 14.2 Å². The monoisotopic (exact) mass is 777 g/mol. The molecule has 2 aromatic rings. The van der Waals surface area contributed by atoms with Crippen LogP contribution in [0.4, 0.5) is 9.59 Å². The number of carbonyl (C=O) groups excluding carboxylic acids is 4. The molecule has 53 heavy (non-hydrogen) atoms. The Morgan fingerprint density at radius 2 is 1.57 bits per heavy atom. The van der Waals surface area contributed by atoms with Gasteiger partial charge in [0.2, 0.25) is 15.9 Å². The lowest BCUT2D eigenvalue weighted by molar-refractivity contribution is -0.163. The molecule has 2 fully saturated rings. The Morgan fingerprint density at radius 1 is 0.981 bits per heavy atom. The molecule has 5 rings (SSSR count). The molecule has 3 aliphatic rings. The minimum Gasteiger partial charge on any atom is -0.497 e. The maximum absolute atomic E-state index is 13.6. The summed E-state index contributed by atoms with van der Waals surface area (Å²) in [7, 11) is -0.800. The maximum atomic E-state index is 13.6. The molecule has 2 aromatic carbocycles. The Bertz CT molecular complexity index is 1800. The minimum atomic E-state index is -3.85. The van der Waals surface area contributed by atoms with Crippen LogP contribution in [0.25, 0.3) is 0 Å². The molecule has 2 amide bonds. The highest BCUT2D eigenvalue weighted by Crippen LogP contribution is 2.52. The first-order chi connectivity index (χ1) is 25.3. The van der Waals surface area contributed by atoms with Crippen molar-refractivity contribution < 1.29 is 61.5 Å². The SMILES string of the molecule is COc1ccc(COC(=O)OC(=O)C2=C(S[C@H]3C[C@@H](CNS(=O)(=O)CCO)N(C(=O)OCc4ccc(OC)cc4)C3)[C@H](C)[C@@H]3[C@@H]([C@@H](C)O)C(=O)N23)cc1. The highest BCUT2D eigenvalue weighted by atomic mass is 32.2. The van der Waals surface area contributed by atoms with Gasteiger partial charge in [-0.15, -0.1) is 11.8 Å². The van der Waals surface area contributed by atoms with E-state index in [9.17, 15) is 37.8 Å². The number of methoxy groups -OCH3 is 2. The molecule has 3 heterocycles. The number of β-lactam (4-membered cyclic amide) rings is 1. The number of likely N-dealkylation sites (tertiary alicyclic amines) is 1. The second-order valence-corrected chi connectivity index (χ2v) is 16.1. The van der Waals surface area contributed by atoms with Gasteiger partial charge < -0.3 is 43.7 Å². The van der Waals surface area contributed by atoms with E-state index in [0.717, 1.165) is 0 Å². The normalized spacial score (nSPS) is 22.9. The van der Waals surface area contributed by atoms with Crippen molar-refractivity contribution in [1.29, 1.82) is 0 Å². The largest absolute Gasteiger partial charge is 0.516 e. The number of amides is 2. The molecule has 0 saturated carbocycles. The third-order valence-corrected chi connectivity index (χ3v) is 12.1. The fraction of sp³-hybridized carbons (Fsp3) is 0.486. The molecular formula is C35H43N3O13S2. The maximum Gasteiger partial charge on any atom is 0.516 e. The molecule has 0 radical (unpaired) electrons. The number of sulfonamides is 1. The number of nitrogens with one attached hydrogen (secondary N) is 1. The number of nitrogens with zero attached hydrogens (tertiary/aromatic N) is 2. The topological polar surface area (TPSA) is 208 Å². The summed E-state index contributed by atoms with van der Waals surface area (Å²) in [6.45, 7) is 2.35. The summed E-state index contributed by atoms with van der Waals surface area (Å²) >= 11 is 1.21. The zero-order valence-corrected chi connectivity index (χ0v) is 31.3. The Kier molecular flexibility index (Phi) is 12.9. The van der Waals surface area contributed by atoms with Gasteiger partial charge in [-0.05, 0) is 48.7 Å². The van der Waals surface area contributed by atoms with Crippen molar-refractivity contribution in [1.82, 2.24) is 14.5 Å². The first-order valence-electron chi connectivity index (χ1n) is 16.8. The first kappa shape index (κ1) is 39.8. The van der Waals surface area contributed by atoms with Gasteiger partial charge in [0.1, 0.15) is 30.4 Å². The molecule has 0 spiro atoms. The molecule has 3 N–H and O–H groups in total. The van der Waals surface area contributed by atoms with Crippen LogP contribution in [0, 0.1) is 11.8 Å². The standard InChI is InChI=1S/C35H43N3O13S2/c1-20-29-28(21(2)40)32(41)38(29)30(33(42)51-35(44)50-19-23-7-11-26(48-4)12-8-23)31(20)52-27-15-24(16-36-53(45,46)14-13-39)37(17-27)34(43)49-18-22-5-9-25(47-3)10-6-22/h5-12,20-21,24,27-29,36,39-40H,13-19H2,1-4H3/t20-,21-,24+,27+,28-,29-/m1/s1. The highest BCUT2D eigenvalue weighted by molar-refractivity contribution is 8.03. The predicted molar refractivity (Wildman–Crippen MR) is 190 cm³/mol.